The van der Waals surface area contributed by atoms with Crippen LogP contribution in [0.25, 0.3) is 0 Å². The molecule has 0 spiro atoms. The van der Waals surface area contributed by atoms with Gasteiger partial charge in [-0.05, 0) is 38.8 Å². The Hall–Kier alpha value is -0.0800. The van der Waals surface area contributed by atoms with E-state index in [1.54, 1.807) is 0 Å². The topological polar surface area (TPSA) is 15.0 Å². The molecule has 0 saturated carbocycles. The summed E-state index contributed by atoms with van der Waals surface area (Å²) in [6, 6.07) is 0.911. The van der Waals surface area contributed by atoms with E-state index in [0.29, 0.717) is 0 Å². The second-order valence-electron chi connectivity index (χ2n) is 4.46. The zero-order valence-corrected chi connectivity index (χ0v) is 9.04. The van der Waals surface area contributed by atoms with Crippen LogP contribution in [0.4, 0.5) is 0 Å². The minimum Gasteiger partial charge on any atom is -0.312 e. The highest BCUT2D eigenvalue weighted by molar-refractivity contribution is 5.03. The van der Waals surface area contributed by atoms with Gasteiger partial charge in [0.15, 0.2) is 0 Å². The molecule has 2 unspecified atom stereocenters. The van der Waals surface area contributed by atoms with Gasteiger partial charge in [-0.1, -0.05) is 19.3 Å². The Morgan fingerprint density at radius 1 is 1.07 bits per heavy atom. The smallest absolute Gasteiger partial charge is 0.0426 e. The molecule has 0 bridgehead atoms. The van der Waals surface area contributed by atoms with Crippen molar-refractivity contribution in [1.82, 2.24) is 10.2 Å². The lowest BCUT2D eigenvalue weighted by molar-refractivity contribution is 0.414. The Balaban J connectivity index is 0.000000107. The number of piperidine rings is 1. The molecule has 3 heterocycles. The van der Waals surface area contributed by atoms with Crippen molar-refractivity contribution < 1.29 is 0 Å². The van der Waals surface area contributed by atoms with Gasteiger partial charge >= 0.3 is 0 Å². The van der Waals surface area contributed by atoms with Gasteiger partial charge in [0.1, 0.15) is 0 Å². The first kappa shape index (κ1) is 10.4. The lowest BCUT2D eigenvalue weighted by Gasteiger charge is -2.07. The fourth-order valence-corrected chi connectivity index (χ4v) is 2.17. The summed E-state index contributed by atoms with van der Waals surface area (Å²) in [5.74, 6) is 0. The van der Waals surface area contributed by atoms with E-state index in [9.17, 15) is 0 Å². The highest BCUT2D eigenvalue weighted by Gasteiger charge is 2.35. The van der Waals surface area contributed by atoms with Crippen molar-refractivity contribution in [1.29, 1.82) is 0 Å². The third-order valence-corrected chi connectivity index (χ3v) is 3.18. The quantitative estimate of drug-likeness (QED) is 0.595. The minimum absolute atomic E-state index is 0.911. The van der Waals surface area contributed by atoms with Crippen LogP contribution in [0.3, 0.4) is 0 Å². The van der Waals surface area contributed by atoms with Crippen molar-refractivity contribution in [3.8, 4) is 0 Å². The van der Waals surface area contributed by atoms with Gasteiger partial charge in [0.05, 0.1) is 0 Å². The number of nitrogens with zero attached hydrogens (tertiary/aromatic N) is 1. The van der Waals surface area contributed by atoms with Crippen LogP contribution in [-0.4, -0.2) is 24.0 Å². The first-order valence-electron chi connectivity index (χ1n) is 6.12. The van der Waals surface area contributed by atoms with Crippen LogP contribution in [0, 0.1) is 13.1 Å². The molecular weight excluding hydrogens is 172 g/mol. The van der Waals surface area contributed by atoms with Gasteiger partial charge < -0.3 is 5.32 Å². The molecule has 2 nitrogen and oxygen atoms in total. The van der Waals surface area contributed by atoms with Gasteiger partial charge in [-0.15, -0.1) is 0 Å². The second kappa shape index (κ2) is 5.72. The Bertz CT molecular complexity index is 129. The van der Waals surface area contributed by atoms with Gasteiger partial charge in [0.2, 0.25) is 0 Å². The Morgan fingerprint density at radius 3 is 2.86 bits per heavy atom. The second-order valence-corrected chi connectivity index (χ2v) is 4.46. The Kier molecular flexibility index (Phi) is 4.26. The van der Waals surface area contributed by atoms with Crippen molar-refractivity contribution in [2.75, 3.05) is 13.1 Å². The average Bonchev–Trinajstić information content (AvgIpc) is 3.04. The van der Waals surface area contributed by atoms with Crippen molar-refractivity contribution >= 4 is 0 Å². The summed E-state index contributed by atoms with van der Waals surface area (Å²) in [4.78, 5) is 2.43. The van der Waals surface area contributed by atoms with Crippen LogP contribution in [0.15, 0.2) is 0 Å². The van der Waals surface area contributed by atoms with Crippen LogP contribution in [-0.2, 0) is 0 Å². The fraction of sp³-hybridized carbons (Fsp3) is 0.833. The highest BCUT2D eigenvalue weighted by atomic mass is 15.3. The van der Waals surface area contributed by atoms with Crippen molar-refractivity contribution in [2.24, 2.45) is 0 Å². The van der Waals surface area contributed by atoms with E-state index >= 15 is 0 Å². The van der Waals surface area contributed by atoms with Crippen LogP contribution in [0.1, 0.15) is 44.9 Å². The lowest BCUT2D eigenvalue weighted by atomic mass is 10.1. The molecule has 2 heteroatoms. The van der Waals surface area contributed by atoms with Crippen LogP contribution >= 0.6 is 0 Å². The molecule has 2 radical (unpaired) electrons. The standard InChI is InChI=1S/C6H10N.C6H12N/c1-2-4-7-5-6(7)3-1;1-2-4-6-7-5-3-1/h5-6H,1-4H2;5,7H,1-4,6H2. The Labute approximate surface area is 88.1 Å². The van der Waals surface area contributed by atoms with Crippen LogP contribution < -0.4 is 5.32 Å². The summed E-state index contributed by atoms with van der Waals surface area (Å²) in [5.41, 5.74) is 0. The molecule has 0 aromatic rings. The molecule has 3 rings (SSSR count). The van der Waals surface area contributed by atoms with Crippen molar-refractivity contribution in [3.63, 3.8) is 0 Å². The monoisotopic (exact) mass is 194 g/mol. The van der Waals surface area contributed by atoms with E-state index in [1.807, 2.05) is 0 Å². The van der Waals surface area contributed by atoms with E-state index in [1.165, 1.54) is 58.0 Å². The summed E-state index contributed by atoms with van der Waals surface area (Å²) in [6.45, 7) is 7.05. The molecule has 0 aliphatic carbocycles. The molecule has 80 valence electrons. The predicted molar refractivity (Wildman–Crippen MR) is 59.4 cm³/mol. The van der Waals surface area contributed by atoms with Crippen LogP contribution in [0.2, 0.25) is 0 Å². The van der Waals surface area contributed by atoms with Gasteiger partial charge in [-0.3, -0.25) is 4.90 Å². The molecule has 0 aromatic heterocycles. The predicted octanol–water partition coefficient (Wildman–Crippen LogP) is 2.33. The number of nitrogens with one attached hydrogen (secondary N) is 1. The van der Waals surface area contributed by atoms with E-state index in [0.717, 1.165) is 6.04 Å². The van der Waals surface area contributed by atoms with E-state index in [2.05, 4.69) is 23.3 Å². The zero-order chi connectivity index (χ0) is 9.64. The maximum Gasteiger partial charge on any atom is 0.0426 e. The first-order valence-corrected chi connectivity index (χ1v) is 6.12. The third kappa shape index (κ3) is 3.58. The molecule has 1 N–H and O–H groups in total. The van der Waals surface area contributed by atoms with E-state index < -0.39 is 0 Å². The van der Waals surface area contributed by atoms with E-state index in [-0.39, 0.29) is 0 Å². The fourth-order valence-electron chi connectivity index (χ4n) is 2.17. The molecule has 0 aromatic carbocycles. The normalized spacial score (nSPS) is 36.0. The highest BCUT2D eigenvalue weighted by Crippen LogP contribution is 2.32. The first-order chi connectivity index (χ1) is 6.97. The molecule has 2 atom stereocenters. The molecule has 3 aliphatic rings. The largest absolute Gasteiger partial charge is 0.312 e. The zero-order valence-electron chi connectivity index (χ0n) is 9.04. The molecule has 14 heavy (non-hydrogen) atoms. The summed E-state index contributed by atoms with van der Waals surface area (Å²) in [6.07, 6.45) is 9.72. The van der Waals surface area contributed by atoms with Gasteiger partial charge in [0.25, 0.3) is 0 Å². The summed E-state index contributed by atoms with van der Waals surface area (Å²) < 4.78 is 0. The van der Waals surface area contributed by atoms with Crippen molar-refractivity contribution in [3.05, 3.63) is 13.1 Å². The molecule has 3 fully saturated rings. The summed E-state index contributed by atoms with van der Waals surface area (Å²) >= 11 is 0. The molecular formula is C12H22N2. The average molecular weight is 194 g/mol. The third-order valence-electron chi connectivity index (χ3n) is 3.18. The maximum atomic E-state index is 3.22. The van der Waals surface area contributed by atoms with Gasteiger partial charge in [0, 0.05) is 19.1 Å². The SMILES string of the molecule is [CH]1C2CCCCN12.[CH]1CCCCCN1. The number of hydrogen-bond acceptors (Lipinski definition) is 2. The molecule has 3 aliphatic heterocycles. The van der Waals surface area contributed by atoms with Gasteiger partial charge in [-0.25, -0.2) is 0 Å². The maximum absolute atomic E-state index is 3.22. The van der Waals surface area contributed by atoms with Crippen LogP contribution in [0.5, 0.6) is 0 Å². The number of fused-ring (bicyclic) bond motifs is 1. The summed E-state index contributed by atoms with van der Waals surface area (Å²) in [7, 11) is 0. The number of hydrogen-bond donors (Lipinski definition) is 1. The van der Waals surface area contributed by atoms with E-state index in [4.69, 9.17) is 0 Å². The lowest BCUT2D eigenvalue weighted by Crippen LogP contribution is -2.09. The summed E-state index contributed by atoms with van der Waals surface area (Å²) in [5, 5.41) is 3.22. The Morgan fingerprint density at radius 2 is 2.07 bits per heavy atom. The van der Waals surface area contributed by atoms with Gasteiger partial charge in [-0.2, -0.15) is 0 Å². The molecule has 3 saturated heterocycles. The minimum atomic E-state index is 0.911. The van der Waals surface area contributed by atoms with Crippen molar-refractivity contribution in [2.45, 2.75) is 51.0 Å². The number of rotatable bonds is 0. The molecule has 0 amide bonds.